The van der Waals surface area contributed by atoms with E-state index in [0.717, 1.165) is 19.3 Å². The number of anilines is 1. The fourth-order valence-corrected chi connectivity index (χ4v) is 1.75. The van der Waals surface area contributed by atoms with E-state index in [1.807, 2.05) is 6.92 Å². The van der Waals surface area contributed by atoms with Gasteiger partial charge in [-0.3, -0.25) is 4.79 Å². The summed E-state index contributed by atoms with van der Waals surface area (Å²) >= 11 is 0. The summed E-state index contributed by atoms with van der Waals surface area (Å²) < 4.78 is 26.1. The molecule has 20 heavy (non-hydrogen) atoms. The number of benzene rings is 1. The van der Waals surface area contributed by atoms with E-state index in [-0.39, 0.29) is 12.1 Å². The molecule has 110 valence electrons. The van der Waals surface area contributed by atoms with Crippen LogP contribution in [0.4, 0.5) is 14.5 Å². The lowest BCUT2D eigenvalue weighted by atomic mass is 10.1. The molecule has 0 aromatic heterocycles. The molecule has 0 radical (unpaired) electrons. The smallest absolute Gasteiger partial charge is 0.337 e. The number of amides is 1. The van der Waals surface area contributed by atoms with Gasteiger partial charge in [-0.25, -0.2) is 13.6 Å². The van der Waals surface area contributed by atoms with E-state index in [2.05, 4.69) is 5.32 Å². The van der Waals surface area contributed by atoms with Gasteiger partial charge in [0.1, 0.15) is 0 Å². The number of hydrogen-bond donors (Lipinski definition) is 2. The second-order valence-corrected chi connectivity index (χ2v) is 4.48. The molecule has 0 aliphatic rings. The van der Waals surface area contributed by atoms with Crippen LogP contribution in [0.1, 0.15) is 49.4 Å². The predicted molar refractivity (Wildman–Crippen MR) is 70.7 cm³/mol. The number of halogens is 2. The molecule has 0 spiro atoms. The number of carboxylic acids is 1. The van der Waals surface area contributed by atoms with Crippen LogP contribution in [0.3, 0.4) is 0 Å². The molecule has 0 fully saturated rings. The van der Waals surface area contributed by atoms with Gasteiger partial charge in [-0.1, -0.05) is 26.2 Å². The first-order chi connectivity index (χ1) is 9.45. The van der Waals surface area contributed by atoms with Crippen molar-refractivity contribution in [2.24, 2.45) is 0 Å². The largest absolute Gasteiger partial charge is 0.478 e. The van der Waals surface area contributed by atoms with Crippen molar-refractivity contribution in [2.45, 2.75) is 39.0 Å². The molecule has 4 nitrogen and oxygen atoms in total. The minimum absolute atomic E-state index is 0.220. The summed E-state index contributed by atoms with van der Waals surface area (Å²) in [6, 6.07) is 1.24. The third kappa shape index (κ3) is 4.60. The molecule has 0 bridgehead atoms. The van der Waals surface area contributed by atoms with Crippen LogP contribution in [0, 0.1) is 11.6 Å². The number of carbonyl (C=O) groups is 2. The summed E-state index contributed by atoms with van der Waals surface area (Å²) in [5.41, 5.74) is -0.692. The van der Waals surface area contributed by atoms with Crippen molar-refractivity contribution in [1.29, 1.82) is 0 Å². The summed E-state index contributed by atoms with van der Waals surface area (Å²) in [5.74, 6) is -4.29. The molecule has 0 unspecified atom stereocenters. The third-order valence-corrected chi connectivity index (χ3v) is 2.82. The van der Waals surface area contributed by atoms with E-state index in [0.29, 0.717) is 18.6 Å². The monoisotopic (exact) mass is 285 g/mol. The fraction of sp³-hybridized carbons (Fsp3) is 0.429. The Labute approximate surface area is 115 Å². The molecule has 0 aliphatic carbocycles. The molecular formula is C14H17F2NO3. The maximum absolute atomic E-state index is 13.1. The zero-order valence-corrected chi connectivity index (χ0v) is 11.2. The second kappa shape index (κ2) is 7.57. The summed E-state index contributed by atoms with van der Waals surface area (Å²) in [6.45, 7) is 2.04. The fourth-order valence-electron chi connectivity index (χ4n) is 1.75. The number of unbranched alkanes of at least 4 members (excludes halogenated alkanes) is 3. The Morgan fingerprint density at radius 1 is 1.15 bits per heavy atom. The van der Waals surface area contributed by atoms with Crippen molar-refractivity contribution in [3.05, 3.63) is 29.3 Å². The zero-order chi connectivity index (χ0) is 15.1. The van der Waals surface area contributed by atoms with E-state index in [4.69, 9.17) is 5.11 Å². The first kappa shape index (κ1) is 16.1. The average molecular weight is 285 g/mol. The molecule has 6 heteroatoms. The van der Waals surface area contributed by atoms with Gasteiger partial charge in [0.2, 0.25) is 5.91 Å². The number of carbonyl (C=O) groups excluding carboxylic acids is 1. The van der Waals surface area contributed by atoms with Gasteiger partial charge in [0.25, 0.3) is 0 Å². The highest BCUT2D eigenvalue weighted by Gasteiger charge is 2.16. The number of aromatic carboxylic acids is 1. The average Bonchev–Trinajstić information content (AvgIpc) is 2.38. The van der Waals surface area contributed by atoms with Crippen LogP contribution < -0.4 is 5.32 Å². The first-order valence-corrected chi connectivity index (χ1v) is 6.48. The SMILES string of the molecule is CCCCCCC(=O)Nc1cc(F)c(F)cc1C(=O)O. The Balaban J connectivity index is 2.73. The number of hydrogen-bond acceptors (Lipinski definition) is 2. The maximum Gasteiger partial charge on any atom is 0.337 e. The number of nitrogens with one attached hydrogen (secondary N) is 1. The highest BCUT2D eigenvalue weighted by atomic mass is 19.2. The van der Waals surface area contributed by atoms with Gasteiger partial charge in [-0.05, 0) is 12.5 Å². The van der Waals surface area contributed by atoms with Crippen LogP contribution in [0.2, 0.25) is 0 Å². The predicted octanol–water partition coefficient (Wildman–Crippen LogP) is 3.57. The van der Waals surface area contributed by atoms with Crippen LogP contribution >= 0.6 is 0 Å². The van der Waals surface area contributed by atoms with Gasteiger partial charge < -0.3 is 10.4 Å². The Morgan fingerprint density at radius 3 is 2.40 bits per heavy atom. The van der Waals surface area contributed by atoms with Crippen molar-refractivity contribution < 1.29 is 23.5 Å². The molecule has 0 heterocycles. The first-order valence-electron chi connectivity index (χ1n) is 6.48. The van der Waals surface area contributed by atoms with Crippen LogP contribution in [0.5, 0.6) is 0 Å². The van der Waals surface area contributed by atoms with E-state index in [1.165, 1.54) is 0 Å². The Bertz CT molecular complexity index is 503. The number of carboxylic acid groups (broad SMARTS) is 1. The van der Waals surface area contributed by atoms with E-state index in [1.54, 1.807) is 0 Å². The molecule has 0 aliphatic heterocycles. The third-order valence-electron chi connectivity index (χ3n) is 2.82. The molecule has 1 amide bonds. The second-order valence-electron chi connectivity index (χ2n) is 4.48. The summed E-state index contributed by atoms with van der Waals surface area (Å²) in [7, 11) is 0. The van der Waals surface area contributed by atoms with Crippen molar-refractivity contribution in [3.63, 3.8) is 0 Å². The van der Waals surface area contributed by atoms with Gasteiger partial charge in [0, 0.05) is 12.5 Å². The molecule has 1 rings (SSSR count). The van der Waals surface area contributed by atoms with E-state index in [9.17, 15) is 18.4 Å². The highest BCUT2D eigenvalue weighted by Crippen LogP contribution is 2.20. The van der Waals surface area contributed by atoms with Crippen LogP contribution in [-0.2, 0) is 4.79 Å². The minimum atomic E-state index is -1.43. The topological polar surface area (TPSA) is 66.4 Å². The Morgan fingerprint density at radius 2 is 1.80 bits per heavy atom. The van der Waals surface area contributed by atoms with Crippen LogP contribution in [-0.4, -0.2) is 17.0 Å². The van der Waals surface area contributed by atoms with E-state index >= 15 is 0 Å². The minimum Gasteiger partial charge on any atom is -0.478 e. The zero-order valence-electron chi connectivity index (χ0n) is 11.2. The van der Waals surface area contributed by atoms with Gasteiger partial charge in [-0.2, -0.15) is 0 Å². The Hall–Kier alpha value is -1.98. The quantitative estimate of drug-likeness (QED) is 0.753. The lowest BCUT2D eigenvalue weighted by Crippen LogP contribution is -2.15. The lowest BCUT2D eigenvalue weighted by molar-refractivity contribution is -0.116. The summed E-state index contributed by atoms with van der Waals surface area (Å²) in [6.07, 6.45) is 3.84. The number of rotatable bonds is 7. The van der Waals surface area contributed by atoms with Gasteiger partial charge in [0.05, 0.1) is 11.3 Å². The molecule has 1 aromatic rings. The van der Waals surface area contributed by atoms with Crippen LogP contribution in [0.15, 0.2) is 12.1 Å². The molecule has 1 aromatic carbocycles. The van der Waals surface area contributed by atoms with Crippen molar-refractivity contribution >= 4 is 17.6 Å². The molecule has 0 saturated carbocycles. The lowest BCUT2D eigenvalue weighted by Gasteiger charge is -2.09. The summed E-state index contributed by atoms with van der Waals surface area (Å²) in [5, 5.41) is 11.2. The maximum atomic E-state index is 13.1. The van der Waals surface area contributed by atoms with Gasteiger partial charge in [0.15, 0.2) is 11.6 Å². The van der Waals surface area contributed by atoms with Crippen molar-refractivity contribution in [2.75, 3.05) is 5.32 Å². The Kier molecular flexibility index (Phi) is 6.09. The van der Waals surface area contributed by atoms with Crippen LogP contribution in [0.25, 0.3) is 0 Å². The van der Waals surface area contributed by atoms with Gasteiger partial charge in [-0.15, -0.1) is 0 Å². The standard InChI is InChI=1S/C14H17F2NO3/c1-2-3-4-5-6-13(18)17-12-8-11(16)10(15)7-9(12)14(19)20/h7-8H,2-6H2,1H3,(H,17,18)(H,19,20). The normalized spacial score (nSPS) is 10.3. The molecule has 2 N–H and O–H groups in total. The molecule has 0 saturated heterocycles. The van der Waals surface area contributed by atoms with E-state index < -0.39 is 29.1 Å². The summed E-state index contributed by atoms with van der Waals surface area (Å²) in [4.78, 5) is 22.6. The highest BCUT2D eigenvalue weighted by molar-refractivity contribution is 6.00. The van der Waals surface area contributed by atoms with Gasteiger partial charge >= 0.3 is 5.97 Å². The molecule has 0 atom stereocenters. The molecular weight excluding hydrogens is 268 g/mol. The van der Waals surface area contributed by atoms with Crippen molar-refractivity contribution in [3.8, 4) is 0 Å². The van der Waals surface area contributed by atoms with Crippen molar-refractivity contribution in [1.82, 2.24) is 0 Å².